The van der Waals surface area contributed by atoms with Gasteiger partial charge < -0.3 is 10.2 Å². The summed E-state index contributed by atoms with van der Waals surface area (Å²) in [6.07, 6.45) is 0.454. The fourth-order valence-electron chi connectivity index (χ4n) is 1.76. The molecule has 0 bridgehead atoms. The summed E-state index contributed by atoms with van der Waals surface area (Å²) >= 11 is 5.84. The zero-order valence-electron chi connectivity index (χ0n) is 12.7. The summed E-state index contributed by atoms with van der Waals surface area (Å²) in [7, 11) is 0. The van der Waals surface area contributed by atoms with Crippen LogP contribution in [0.15, 0.2) is 53.7 Å². The molecule has 24 heavy (non-hydrogen) atoms. The number of oxime groups is 1. The number of nitrogens with one attached hydrogen (secondary N) is 1. The summed E-state index contributed by atoms with van der Waals surface area (Å²) in [5, 5.41) is 17.5. The Morgan fingerprint density at radius 3 is 2.79 bits per heavy atom. The molecule has 0 saturated carbocycles. The highest BCUT2D eigenvalue weighted by atomic mass is 35.5. The second-order valence-electron chi connectivity index (χ2n) is 4.83. The Morgan fingerprint density at radius 2 is 2.08 bits per heavy atom. The lowest BCUT2D eigenvalue weighted by molar-refractivity contribution is -0.384. The van der Waals surface area contributed by atoms with Crippen LogP contribution < -0.4 is 5.32 Å². The molecule has 1 atom stereocenters. The van der Waals surface area contributed by atoms with Crippen molar-refractivity contribution >= 4 is 35.1 Å². The predicted octanol–water partition coefficient (Wildman–Crippen LogP) is 3.63. The third kappa shape index (κ3) is 5.06. The minimum absolute atomic E-state index is 0.0503. The lowest BCUT2D eigenvalue weighted by Gasteiger charge is -2.10. The van der Waals surface area contributed by atoms with Crippen molar-refractivity contribution in [3.8, 4) is 0 Å². The molecule has 0 saturated heterocycles. The maximum atomic E-state index is 12.0. The van der Waals surface area contributed by atoms with E-state index >= 15 is 0 Å². The Balaban J connectivity index is 1.92. The molecule has 0 heterocycles. The molecule has 0 spiro atoms. The number of nitro benzene ring substituents is 1. The Labute approximate surface area is 143 Å². The Bertz CT molecular complexity index is 779. The molecule has 2 rings (SSSR count). The normalized spacial score (nSPS) is 11.9. The standard InChI is InChI=1S/C16H14ClN3O4/c1-11(16(21)19-14-6-3-5-13(17)9-14)24-18-10-12-4-2-7-15(8-12)20(22)23/h2-11H,1H3,(H,19,21)/b18-10-/t11-/m1/s1. The minimum atomic E-state index is -0.848. The van der Waals surface area contributed by atoms with Crippen molar-refractivity contribution in [1.29, 1.82) is 0 Å². The van der Waals surface area contributed by atoms with Gasteiger partial charge in [0.25, 0.3) is 11.6 Å². The van der Waals surface area contributed by atoms with Gasteiger partial charge in [0.1, 0.15) is 0 Å². The van der Waals surface area contributed by atoms with Crippen molar-refractivity contribution in [1.82, 2.24) is 0 Å². The van der Waals surface area contributed by atoms with Gasteiger partial charge in [0.15, 0.2) is 0 Å². The molecule has 0 aliphatic heterocycles. The summed E-state index contributed by atoms with van der Waals surface area (Å²) in [4.78, 5) is 27.2. The lowest BCUT2D eigenvalue weighted by Crippen LogP contribution is -2.26. The molecule has 0 radical (unpaired) electrons. The van der Waals surface area contributed by atoms with Crippen LogP contribution in [-0.4, -0.2) is 23.1 Å². The second kappa shape index (κ2) is 8.07. The van der Waals surface area contributed by atoms with Gasteiger partial charge in [-0.05, 0) is 25.1 Å². The number of carbonyl (C=O) groups excluding carboxylic acids is 1. The number of hydrogen-bond acceptors (Lipinski definition) is 5. The number of anilines is 1. The van der Waals surface area contributed by atoms with Gasteiger partial charge in [-0.2, -0.15) is 0 Å². The van der Waals surface area contributed by atoms with Gasteiger partial charge in [-0.15, -0.1) is 0 Å². The number of non-ortho nitro benzene ring substituents is 1. The Morgan fingerprint density at radius 1 is 1.33 bits per heavy atom. The van der Waals surface area contributed by atoms with Gasteiger partial charge >= 0.3 is 0 Å². The van der Waals surface area contributed by atoms with E-state index in [0.717, 1.165) is 0 Å². The third-order valence-electron chi connectivity index (χ3n) is 2.96. The highest BCUT2D eigenvalue weighted by molar-refractivity contribution is 6.30. The predicted molar refractivity (Wildman–Crippen MR) is 91.3 cm³/mol. The molecule has 1 amide bonds. The monoisotopic (exact) mass is 347 g/mol. The van der Waals surface area contributed by atoms with Crippen molar-refractivity contribution in [2.75, 3.05) is 5.32 Å². The summed E-state index contributed by atoms with van der Waals surface area (Å²) in [6.45, 7) is 1.53. The number of hydrogen-bond donors (Lipinski definition) is 1. The van der Waals surface area contributed by atoms with Crippen LogP contribution in [-0.2, 0) is 9.63 Å². The molecular formula is C16H14ClN3O4. The van der Waals surface area contributed by atoms with Crippen molar-refractivity contribution in [3.63, 3.8) is 0 Å². The molecule has 0 aliphatic carbocycles. The fourth-order valence-corrected chi connectivity index (χ4v) is 1.95. The number of halogens is 1. The van der Waals surface area contributed by atoms with Gasteiger partial charge in [-0.1, -0.05) is 35.0 Å². The van der Waals surface area contributed by atoms with Crippen LogP contribution in [0.4, 0.5) is 11.4 Å². The van der Waals surface area contributed by atoms with Crippen LogP contribution in [0.3, 0.4) is 0 Å². The molecular weight excluding hydrogens is 334 g/mol. The fraction of sp³-hybridized carbons (Fsp3) is 0.125. The SMILES string of the molecule is C[C@@H](O/N=C\c1cccc([N+](=O)[O-])c1)C(=O)Nc1cccc(Cl)c1. The first kappa shape index (κ1) is 17.4. The maximum Gasteiger partial charge on any atom is 0.270 e. The number of benzene rings is 2. The van der Waals surface area contributed by atoms with Crippen molar-refractivity contribution in [3.05, 3.63) is 69.2 Å². The first-order valence-corrected chi connectivity index (χ1v) is 7.33. The van der Waals surface area contributed by atoms with E-state index in [4.69, 9.17) is 16.4 Å². The smallest absolute Gasteiger partial charge is 0.270 e. The van der Waals surface area contributed by atoms with E-state index in [2.05, 4.69) is 10.5 Å². The highest BCUT2D eigenvalue weighted by Gasteiger charge is 2.14. The summed E-state index contributed by atoms with van der Waals surface area (Å²) in [5.41, 5.74) is 0.989. The van der Waals surface area contributed by atoms with Crippen LogP contribution in [0.1, 0.15) is 12.5 Å². The van der Waals surface area contributed by atoms with Crippen LogP contribution in [0.2, 0.25) is 5.02 Å². The van der Waals surface area contributed by atoms with Gasteiger partial charge in [0.2, 0.25) is 6.10 Å². The van der Waals surface area contributed by atoms with E-state index in [9.17, 15) is 14.9 Å². The van der Waals surface area contributed by atoms with Crippen LogP contribution in [0.25, 0.3) is 0 Å². The third-order valence-corrected chi connectivity index (χ3v) is 3.20. The number of amides is 1. The lowest BCUT2D eigenvalue weighted by atomic mass is 10.2. The van der Waals surface area contributed by atoms with E-state index < -0.39 is 16.9 Å². The average molecular weight is 348 g/mol. The molecule has 124 valence electrons. The first-order chi connectivity index (χ1) is 11.5. The molecule has 1 N–H and O–H groups in total. The molecule has 0 unspecified atom stereocenters. The van der Waals surface area contributed by atoms with Gasteiger partial charge in [-0.25, -0.2) is 0 Å². The zero-order valence-corrected chi connectivity index (χ0v) is 13.4. The van der Waals surface area contributed by atoms with Gasteiger partial charge in [-0.3, -0.25) is 14.9 Å². The van der Waals surface area contributed by atoms with Crippen LogP contribution >= 0.6 is 11.6 Å². The molecule has 7 nitrogen and oxygen atoms in total. The van der Waals surface area contributed by atoms with Crippen LogP contribution in [0.5, 0.6) is 0 Å². The largest absolute Gasteiger partial charge is 0.383 e. The molecule has 8 heteroatoms. The summed E-state index contributed by atoms with van der Waals surface area (Å²) in [5.74, 6) is -0.395. The Kier molecular flexibility index (Phi) is 5.86. The number of nitrogens with zero attached hydrogens (tertiary/aromatic N) is 2. The minimum Gasteiger partial charge on any atom is -0.383 e. The van der Waals surface area contributed by atoms with Crippen molar-refractivity contribution < 1.29 is 14.6 Å². The molecule has 2 aromatic carbocycles. The quantitative estimate of drug-likeness (QED) is 0.490. The number of nitro groups is 1. The molecule has 0 aliphatic rings. The summed E-state index contributed by atoms with van der Waals surface area (Å²) in [6, 6.07) is 12.6. The van der Waals surface area contributed by atoms with E-state index in [1.807, 2.05) is 0 Å². The highest BCUT2D eigenvalue weighted by Crippen LogP contribution is 2.15. The zero-order chi connectivity index (χ0) is 17.5. The summed E-state index contributed by atoms with van der Waals surface area (Å²) < 4.78 is 0. The molecule has 0 aromatic heterocycles. The van der Waals surface area contributed by atoms with Gasteiger partial charge in [0.05, 0.1) is 11.1 Å². The van der Waals surface area contributed by atoms with E-state index in [1.54, 1.807) is 30.3 Å². The molecule has 0 fully saturated rings. The molecule has 2 aromatic rings. The van der Waals surface area contributed by atoms with Crippen molar-refractivity contribution in [2.45, 2.75) is 13.0 Å². The number of carbonyl (C=O) groups is 1. The van der Waals surface area contributed by atoms with E-state index in [1.165, 1.54) is 31.3 Å². The maximum absolute atomic E-state index is 12.0. The van der Waals surface area contributed by atoms with E-state index in [-0.39, 0.29) is 5.69 Å². The Hall–Kier alpha value is -2.93. The second-order valence-corrected chi connectivity index (χ2v) is 5.27. The first-order valence-electron chi connectivity index (χ1n) is 6.96. The van der Waals surface area contributed by atoms with Gasteiger partial charge in [0, 0.05) is 28.4 Å². The van der Waals surface area contributed by atoms with Crippen LogP contribution in [0, 0.1) is 10.1 Å². The number of rotatable bonds is 6. The van der Waals surface area contributed by atoms with E-state index in [0.29, 0.717) is 16.3 Å². The van der Waals surface area contributed by atoms with Crippen molar-refractivity contribution in [2.24, 2.45) is 5.16 Å². The average Bonchev–Trinajstić information content (AvgIpc) is 2.55. The topological polar surface area (TPSA) is 93.8 Å².